The quantitative estimate of drug-likeness (QED) is 0.942. The third kappa shape index (κ3) is 1.91. The van der Waals surface area contributed by atoms with Crippen LogP contribution in [0.5, 0.6) is 0 Å². The summed E-state index contributed by atoms with van der Waals surface area (Å²) in [4.78, 5) is 4.54. The van der Waals surface area contributed by atoms with Gasteiger partial charge in [0.15, 0.2) is 11.5 Å². The molecule has 2 rings (SSSR count). The van der Waals surface area contributed by atoms with Crippen LogP contribution in [-0.2, 0) is 0 Å². The van der Waals surface area contributed by atoms with Crippen LogP contribution in [0.4, 0.5) is 5.69 Å². The van der Waals surface area contributed by atoms with Crippen LogP contribution in [0.25, 0.3) is 5.65 Å². The van der Waals surface area contributed by atoms with E-state index in [0.717, 1.165) is 28.8 Å². The molecule has 2 N–H and O–H groups in total. The Bertz CT molecular complexity index is 502. The molecular formula is C11H15BrN4. The highest BCUT2D eigenvalue weighted by Gasteiger charge is 2.14. The molecule has 4 nitrogen and oxygen atoms in total. The second-order valence-electron chi connectivity index (χ2n) is 3.87. The van der Waals surface area contributed by atoms with Crippen molar-refractivity contribution >= 4 is 27.3 Å². The zero-order valence-electron chi connectivity index (χ0n) is 9.44. The molecule has 86 valence electrons. The Labute approximate surface area is 103 Å². The first-order valence-corrected chi connectivity index (χ1v) is 6.26. The van der Waals surface area contributed by atoms with Gasteiger partial charge in [-0.1, -0.05) is 13.8 Å². The van der Waals surface area contributed by atoms with E-state index in [0.29, 0.717) is 11.6 Å². The van der Waals surface area contributed by atoms with E-state index in [-0.39, 0.29) is 0 Å². The molecule has 2 aromatic rings. The number of nitrogen functional groups attached to an aromatic ring is 1. The minimum absolute atomic E-state index is 0.424. The van der Waals surface area contributed by atoms with Crippen LogP contribution in [0.3, 0.4) is 0 Å². The molecule has 0 radical (unpaired) electrons. The van der Waals surface area contributed by atoms with Gasteiger partial charge in [0.05, 0.1) is 16.4 Å². The highest BCUT2D eigenvalue weighted by Crippen LogP contribution is 2.24. The van der Waals surface area contributed by atoms with Crippen LogP contribution in [0.1, 0.15) is 38.4 Å². The number of pyridine rings is 1. The van der Waals surface area contributed by atoms with E-state index in [1.54, 1.807) is 10.7 Å². The molecule has 0 aliphatic rings. The van der Waals surface area contributed by atoms with Gasteiger partial charge in [-0.3, -0.25) is 0 Å². The Hall–Kier alpha value is -1.10. The Kier molecular flexibility index (Phi) is 3.14. The number of hydrogen-bond acceptors (Lipinski definition) is 3. The largest absolute Gasteiger partial charge is 0.397 e. The molecule has 0 spiro atoms. The van der Waals surface area contributed by atoms with Crippen molar-refractivity contribution in [2.75, 3.05) is 5.73 Å². The lowest BCUT2D eigenvalue weighted by Crippen LogP contribution is -1.98. The first-order chi connectivity index (χ1) is 7.65. The molecule has 2 aromatic heterocycles. The lowest BCUT2D eigenvalue weighted by atomic mass is 10.0. The maximum Gasteiger partial charge on any atom is 0.169 e. The van der Waals surface area contributed by atoms with Crippen molar-refractivity contribution in [3.8, 4) is 0 Å². The van der Waals surface area contributed by atoms with Crippen LogP contribution in [0.15, 0.2) is 16.7 Å². The van der Waals surface area contributed by atoms with Gasteiger partial charge in [0.2, 0.25) is 0 Å². The topological polar surface area (TPSA) is 56.2 Å². The predicted molar refractivity (Wildman–Crippen MR) is 68.4 cm³/mol. The number of nitrogens with zero attached hydrogens (tertiary/aromatic N) is 3. The van der Waals surface area contributed by atoms with Crippen molar-refractivity contribution in [3.05, 3.63) is 22.6 Å². The molecule has 0 fully saturated rings. The van der Waals surface area contributed by atoms with Crippen LogP contribution >= 0.6 is 15.9 Å². The summed E-state index contributed by atoms with van der Waals surface area (Å²) < 4.78 is 2.63. The number of nitrogens with two attached hydrogens (primary N) is 1. The summed E-state index contributed by atoms with van der Waals surface area (Å²) in [6.07, 6.45) is 3.90. The molecule has 0 unspecified atom stereocenters. The number of fused-ring (bicyclic) bond motifs is 1. The van der Waals surface area contributed by atoms with Crippen molar-refractivity contribution in [1.29, 1.82) is 0 Å². The average molecular weight is 283 g/mol. The molecule has 0 atom stereocenters. The lowest BCUT2D eigenvalue weighted by Gasteiger charge is -2.05. The van der Waals surface area contributed by atoms with E-state index in [2.05, 4.69) is 39.9 Å². The van der Waals surface area contributed by atoms with Gasteiger partial charge in [0.1, 0.15) is 0 Å². The second-order valence-corrected chi connectivity index (χ2v) is 4.73. The van der Waals surface area contributed by atoms with E-state index >= 15 is 0 Å². The zero-order valence-corrected chi connectivity index (χ0v) is 11.0. The summed E-state index contributed by atoms with van der Waals surface area (Å²) in [5.74, 6) is 1.32. The van der Waals surface area contributed by atoms with Gasteiger partial charge in [0.25, 0.3) is 0 Å². The molecule has 2 heterocycles. The van der Waals surface area contributed by atoms with Crippen LogP contribution in [-0.4, -0.2) is 14.6 Å². The van der Waals surface area contributed by atoms with Crippen LogP contribution in [0, 0.1) is 0 Å². The normalized spacial score (nSPS) is 11.5. The van der Waals surface area contributed by atoms with Crippen LogP contribution < -0.4 is 5.73 Å². The molecule has 0 saturated carbocycles. The molecule has 0 aliphatic heterocycles. The molecule has 0 aliphatic carbocycles. The third-order valence-electron chi connectivity index (χ3n) is 2.78. The number of rotatable bonds is 3. The maximum absolute atomic E-state index is 5.76. The standard InChI is InChI=1S/C11H15BrN4/c1-3-7(4-2)10-14-11-9(12)5-8(13)6-16(11)15-10/h5-7H,3-4,13H2,1-2H3. The third-order valence-corrected chi connectivity index (χ3v) is 3.36. The molecule has 5 heteroatoms. The van der Waals surface area contributed by atoms with Crippen molar-refractivity contribution < 1.29 is 0 Å². The van der Waals surface area contributed by atoms with Gasteiger partial charge in [-0.2, -0.15) is 5.10 Å². The minimum Gasteiger partial charge on any atom is -0.397 e. The van der Waals surface area contributed by atoms with Crippen LogP contribution in [0.2, 0.25) is 0 Å². The van der Waals surface area contributed by atoms with E-state index in [1.165, 1.54) is 0 Å². The van der Waals surface area contributed by atoms with Crippen molar-refractivity contribution in [2.24, 2.45) is 0 Å². The Morgan fingerprint density at radius 2 is 2.12 bits per heavy atom. The summed E-state index contributed by atoms with van der Waals surface area (Å²) >= 11 is 3.45. The molecule has 0 saturated heterocycles. The molecule has 0 bridgehead atoms. The first-order valence-electron chi connectivity index (χ1n) is 5.47. The molecule has 16 heavy (non-hydrogen) atoms. The Morgan fingerprint density at radius 1 is 1.44 bits per heavy atom. The number of anilines is 1. The van der Waals surface area contributed by atoms with Gasteiger partial charge >= 0.3 is 0 Å². The maximum atomic E-state index is 5.76. The summed E-state index contributed by atoms with van der Waals surface area (Å²) in [5.41, 5.74) is 7.27. The monoisotopic (exact) mass is 282 g/mol. The second kappa shape index (κ2) is 4.41. The highest BCUT2D eigenvalue weighted by atomic mass is 79.9. The summed E-state index contributed by atoms with van der Waals surface area (Å²) in [7, 11) is 0. The lowest BCUT2D eigenvalue weighted by molar-refractivity contribution is 0.601. The number of hydrogen-bond donors (Lipinski definition) is 1. The van der Waals surface area contributed by atoms with Crippen molar-refractivity contribution in [2.45, 2.75) is 32.6 Å². The zero-order chi connectivity index (χ0) is 11.7. The summed E-state index contributed by atoms with van der Waals surface area (Å²) in [6.45, 7) is 4.31. The molecule has 0 amide bonds. The van der Waals surface area contributed by atoms with Gasteiger partial charge in [0, 0.05) is 5.92 Å². The summed E-state index contributed by atoms with van der Waals surface area (Å²) in [5, 5.41) is 4.47. The van der Waals surface area contributed by atoms with E-state index < -0.39 is 0 Å². The Morgan fingerprint density at radius 3 is 2.75 bits per heavy atom. The van der Waals surface area contributed by atoms with Gasteiger partial charge in [-0.05, 0) is 34.8 Å². The molecule has 0 aromatic carbocycles. The number of aromatic nitrogens is 3. The Balaban J connectivity index is 2.55. The fourth-order valence-corrected chi connectivity index (χ4v) is 2.34. The first kappa shape index (κ1) is 11.4. The van der Waals surface area contributed by atoms with Gasteiger partial charge < -0.3 is 5.73 Å². The van der Waals surface area contributed by atoms with E-state index in [1.807, 2.05) is 6.07 Å². The minimum atomic E-state index is 0.424. The fourth-order valence-electron chi connectivity index (χ4n) is 1.81. The number of halogens is 1. The fraction of sp³-hybridized carbons (Fsp3) is 0.455. The van der Waals surface area contributed by atoms with E-state index in [9.17, 15) is 0 Å². The van der Waals surface area contributed by atoms with Crippen molar-refractivity contribution in [1.82, 2.24) is 14.6 Å². The SMILES string of the molecule is CCC(CC)c1nc2c(Br)cc(N)cn2n1. The predicted octanol–water partition coefficient (Wildman–Crippen LogP) is 2.98. The van der Waals surface area contributed by atoms with Crippen molar-refractivity contribution in [3.63, 3.8) is 0 Å². The summed E-state index contributed by atoms with van der Waals surface area (Å²) in [6, 6.07) is 1.85. The smallest absolute Gasteiger partial charge is 0.169 e. The highest BCUT2D eigenvalue weighted by molar-refractivity contribution is 9.10. The van der Waals surface area contributed by atoms with Gasteiger partial charge in [-0.25, -0.2) is 9.50 Å². The molecular weight excluding hydrogens is 268 g/mol. The average Bonchev–Trinajstić information content (AvgIpc) is 2.63. The van der Waals surface area contributed by atoms with Gasteiger partial charge in [-0.15, -0.1) is 0 Å². The van der Waals surface area contributed by atoms with E-state index in [4.69, 9.17) is 5.73 Å².